The molecule has 1 aromatic carbocycles. The molecule has 0 bridgehead atoms. The molecule has 1 aliphatic heterocycles. The predicted octanol–water partition coefficient (Wildman–Crippen LogP) is 3.95. The van der Waals surface area contributed by atoms with Crippen LogP contribution in [0.5, 0.6) is 0 Å². The maximum absolute atomic E-state index is 12.3. The summed E-state index contributed by atoms with van der Waals surface area (Å²) in [5, 5.41) is 12.5. The first kappa shape index (κ1) is 16.4. The summed E-state index contributed by atoms with van der Waals surface area (Å²) in [6.07, 6.45) is 6.14. The second-order valence-electron chi connectivity index (χ2n) is 5.41. The van der Waals surface area contributed by atoms with Gasteiger partial charge in [-0.1, -0.05) is 24.6 Å². The van der Waals surface area contributed by atoms with Crippen LogP contribution in [-0.4, -0.2) is 23.4 Å². The number of nitrogens with one attached hydrogen (secondary N) is 1. The molecule has 2 rings (SSSR count). The van der Waals surface area contributed by atoms with Crippen molar-refractivity contribution in [2.24, 2.45) is 0 Å². The van der Waals surface area contributed by atoms with Gasteiger partial charge in [-0.3, -0.25) is 4.79 Å². The van der Waals surface area contributed by atoms with E-state index in [-0.39, 0.29) is 5.57 Å². The molecule has 1 unspecified atom stereocenters. The van der Waals surface area contributed by atoms with E-state index >= 15 is 0 Å². The number of anilines is 1. The minimum atomic E-state index is -0.398. The number of nitriles is 1. The van der Waals surface area contributed by atoms with Crippen molar-refractivity contribution in [1.29, 1.82) is 5.26 Å². The first-order valence-corrected chi connectivity index (χ1v) is 7.96. The molecule has 116 valence electrons. The first-order valence-electron chi connectivity index (χ1n) is 7.58. The molecule has 0 aliphatic carbocycles. The van der Waals surface area contributed by atoms with E-state index in [9.17, 15) is 10.1 Å². The molecular weight excluding hydrogens is 298 g/mol. The summed E-state index contributed by atoms with van der Waals surface area (Å²) in [7, 11) is 0. The van der Waals surface area contributed by atoms with Gasteiger partial charge in [0, 0.05) is 29.5 Å². The van der Waals surface area contributed by atoms with Crippen LogP contribution in [0.3, 0.4) is 0 Å². The van der Waals surface area contributed by atoms with E-state index in [1.54, 1.807) is 30.5 Å². The molecule has 1 aliphatic rings. The lowest BCUT2D eigenvalue weighted by Crippen LogP contribution is -2.35. The first-order chi connectivity index (χ1) is 10.6. The third-order valence-corrected chi connectivity index (χ3v) is 4.12. The Labute approximate surface area is 136 Å². The van der Waals surface area contributed by atoms with E-state index in [4.69, 9.17) is 11.6 Å². The van der Waals surface area contributed by atoms with Crippen LogP contribution in [-0.2, 0) is 4.79 Å². The Morgan fingerprint density at radius 3 is 3.05 bits per heavy atom. The molecule has 22 heavy (non-hydrogen) atoms. The number of hydrogen-bond donors (Lipinski definition) is 1. The Bertz CT molecular complexity index is 606. The Hall–Kier alpha value is -1.99. The summed E-state index contributed by atoms with van der Waals surface area (Å²) < 4.78 is 0. The highest BCUT2D eigenvalue weighted by Gasteiger charge is 2.20. The number of piperidine rings is 1. The number of hydrogen-bond acceptors (Lipinski definition) is 3. The maximum atomic E-state index is 12.3. The van der Waals surface area contributed by atoms with E-state index < -0.39 is 5.91 Å². The van der Waals surface area contributed by atoms with Crippen LogP contribution in [0.25, 0.3) is 0 Å². The Kier molecular flexibility index (Phi) is 5.85. The third-order valence-electron chi connectivity index (χ3n) is 3.89. The standard InChI is InChI=1S/C17H20ClN3O/c1-2-16-8-3-4-9-21(16)12-13(11-19)17(22)20-15-7-5-6-14(18)10-15/h5-7,10,12,16H,2-4,8-9H2,1H3,(H,20,22)/b13-12-. The molecule has 5 heteroatoms. The Balaban J connectivity index is 2.11. The molecule has 1 saturated heterocycles. The van der Waals surface area contributed by atoms with Gasteiger partial charge in [-0.05, 0) is 43.9 Å². The molecule has 0 radical (unpaired) electrons. The molecule has 1 amide bonds. The number of likely N-dealkylation sites (tertiary alicyclic amines) is 1. The number of carbonyl (C=O) groups excluding carboxylic acids is 1. The van der Waals surface area contributed by atoms with E-state index in [0.717, 1.165) is 25.8 Å². The van der Waals surface area contributed by atoms with E-state index in [0.29, 0.717) is 16.8 Å². The van der Waals surface area contributed by atoms with Crippen LogP contribution in [0.4, 0.5) is 5.69 Å². The van der Waals surface area contributed by atoms with Crippen LogP contribution in [0.1, 0.15) is 32.6 Å². The van der Waals surface area contributed by atoms with Crippen LogP contribution in [0.15, 0.2) is 36.0 Å². The van der Waals surface area contributed by atoms with Gasteiger partial charge in [0.25, 0.3) is 5.91 Å². The second kappa shape index (κ2) is 7.86. The number of amides is 1. The molecule has 0 saturated carbocycles. The number of halogens is 1. The van der Waals surface area contributed by atoms with Crippen molar-refractivity contribution in [3.05, 3.63) is 41.1 Å². The molecule has 0 spiro atoms. The number of nitrogens with zero attached hydrogens (tertiary/aromatic N) is 2. The summed E-state index contributed by atoms with van der Waals surface area (Å²) in [4.78, 5) is 14.4. The molecule has 1 atom stereocenters. The summed E-state index contributed by atoms with van der Waals surface area (Å²) >= 11 is 5.90. The van der Waals surface area contributed by atoms with E-state index in [1.165, 1.54) is 6.42 Å². The lowest BCUT2D eigenvalue weighted by atomic mass is 10.0. The Morgan fingerprint density at radius 1 is 1.55 bits per heavy atom. The van der Waals surface area contributed by atoms with Crippen molar-refractivity contribution in [2.75, 3.05) is 11.9 Å². The zero-order valence-electron chi connectivity index (χ0n) is 12.7. The largest absolute Gasteiger partial charge is 0.373 e. The summed E-state index contributed by atoms with van der Waals surface area (Å²) in [5.74, 6) is -0.398. The van der Waals surface area contributed by atoms with Gasteiger partial charge in [0.2, 0.25) is 0 Å². The molecule has 4 nitrogen and oxygen atoms in total. The maximum Gasteiger partial charge on any atom is 0.267 e. The quantitative estimate of drug-likeness (QED) is 0.675. The fourth-order valence-electron chi connectivity index (χ4n) is 2.70. The van der Waals surface area contributed by atoms with Crippen molar-refractivity contribution in [3.63, 3.8) is 0 Å². The van der Waals surface area contributed by atoms with E-state index in [2.05, 4.69) is 17.1 Å². The van der Waals surface area contributed by atoms with Crippen LogP contribution < -0.4 is 5.32 Å². The van der Waals surface area contributed by atoms with Gasteiger partial charge in [-0.2, -0.15) is 5.26 Å². The zero-order valence-corrected chi connectivity index (χ0v) is 13.4. The van der Waals surface area contributed by atoms with Crippen molar-refractivity contribution in [3.8, 4) is 6.07 Å². The topological polar surface area (TPSA) is 56.1 Å². The average Bonchev–Trinajstić information content (AvgIpc) is 2.52. The fourth-order valence-corrected chi connectivity index (χ4v) is 2.89. The van der Waals surface area contributed by atoms with Crippen LogP contribution in [0, 0.1) is 11.3 Å². The van der Waals surface area contributed by atoms with Gasteiger partial charge >= 0.3 is 0 Å². The van der Waals surface area contributed by atoms with Gasteiger partial charge < -0.3 is 10.2 Å². The fraction of sp³-hybridized carbons (Fsp3) is 0.412. The van der Waals surface area contributed by atoms with Crippen molar-refractivity contribution in [1.82, 2.24) is 4.90 Å². The smallest absolute Gasteiger partial charge is 0.267 e. The van der Waals surface area contributed by atoms with Gasteiger partial charge in [0.1, 0.15) is 11.6 Å². The van der Waals surface area contributed by atoms with Gasteiger partial charge in [-0.15, -0.1) is 0 Å². The summed E-state index contributed by atoms with van der Waals surface area (Å²) in [6, 6.07) is 9.31. The highest BCUT2D eigenvalue weighted by molar-refractivity contribution is 6.31. The number of rotatable bonds is 4. The average molecular weight is 318 g/mol. The predicted molar refractivity (Wildman–Crippen MR) is 88.4 cm³/mol. The molecule has 1 heterocycles. The monoisotopic (exact) mass is 317 g/mol. The van der Waals surface area contributed by atoms with Gasteiger partial charge in [0.05, 0.1) is 0 Å². The molecule has 0 aromatic heterocycles. The summed E-state index contributed by atoms with van der Waals surface area (Å²) in [6.45, 7) is 3.03. The van der Waals surface area contributed by atoms with Crippen molar-refractivity contribution in [2.45, 2.75) is 38.6 Å². The third kappa shape index (κ3) is 4.25. The van der Waals surface area contributed by atoms with Gasteiger partial charge in [-0.25, -0.2) is 0 Å². The number of benzene rings is 1. The summed E-state index contributed by atoms with van der Waals surface area (Å²) in [5.41, 5.74) is 0.713. The highest BCUT2D eigenvalue weighted by Crippen LogP contribution is 2.21. The molecule has 1 N–H and O–H groups in total. The lowest BCUT2D eigenvalue weighted by molar-refractivity contribution is -0.112. The lowest BCUT2D eigenvalue weighted by Gasteiger charge is -2.34. The van der Waals surface area contributed by atoms with E-state index in [1.807, 2.05) is 6.07 Å². The Morgan fingerprint density at radius 2 is 2.36 bits per heavy atom. The van der Waals surface area contributed by atoms with Crippen LogP contribution >= 0.6 is 11.6 Å². The van der Waals surface area contributed by atoms with Gasteiger partial charge in [0.15, 0.2) is 0 Å². The molecule has 1 aromatic rings. The SMILES string of the molecule is CCC1CCCCN1/C=C(/C#N)C(=O)Nc1cccc(Cl)c1. The zero-order chi connectivity index (χ0) is 15.9. The van der Waals surface area contributed by atoms with Crippen molar-refractivity contribution >= 4 is 23.2 Å². The minimum Gasteiger partial charge on any atom is -0.373 e. The van der Waals surface area contributed by atoms with Crippen molar-refractivity contribution < 1.29 is 4.79 Å². The minimum absolute atomic E-state index is 0.125. The van der Waals surface area contributed by atoms with Crippen LogP contribution in [0.2, 0.25) is 5.02 Å². The highest BCUT2D eigenvalue weighted by atomic mass is 35.5. The number of carbonyl (C=O) groups is 1. The normalized spacial score (nSPS) is 18.7. The molecular formula is C17H20ClN3O. The second-order valence-corrected chi connectivity index (χ2v) is 5.85. The molecule has 1 fully saturated rings.